The van der Waals surface area contributed by atoms with Crippen molar-refractivity contribution in [3.63, 3.8) is 0 Å². The van der Waals surface area contributed by atoms with Gasteiger partial charge in [0.15, 0.2) is 0 Å². The Balaban J connectivity index is 1.77. The van der Waals surface area contributed by atoms with Gasteiger partial charge < -0.3 is 10.2 Å². The highest BCUT2D eigenvalue weighted by Crippen LogP contribution is 2.28. The maximum atomic E-state index is 13.1. The number of para-hydroxylation sites is 1. The van der Waals surface area contributed by atoms with Gasteiger partial charge in [0.25, 0.3) is 11.5 Å². The Bertz CT molecular complexity index is 1190. The van der Waals surface area contributed by atoms with Crippen molar-refractivity contribution in [1.29, 1.82) is 0 Å². The zero-order valence-electron chi connectivity index (χ0n) is 16.3. The average Bonchev–Trinajstić information content (AvgIpc) is 3.19. The van der Waals surface area contributed by atoms with Crippen LogP contribution in [0.3, 0.4) is 0 Å². The molecule has 0 radical (unpaired) electrons. The standard InChI is InChI=1S/C22H19ClN4O3/c1-24-21(29)17-12-25-20(15-6-8-16(23)9-7-15)27(22(17)30)13-19(28)26-11-10-14-4-2-3-5-18(14)26/h2-9,12H,10-11,13H2,1H3,(H,24,29). The Hall–Kier alpha value is -3.45. The molecule has 0 bridgehead atoms. The van der Waals surface area contributed by atoms with Gasteiger partial charge in [-0.1, -0.05) is 29.8 Å². The van der Waals surface area contributed by atoms with Gasteiger partial charge in [-0.3, -0.25) is 19.0 Å². The van der Waals surface area contributed by atoms with Crippen LogP contribution >= 0.6 is 11.6 Å². The van der Waals surface area contributed by atoms with Crippen LogP contribution in [-0.2, 0) is 17.8 Å². The molecule has 3 aromatic rings. The minimum atomic E-state index is -0.574. The van der Waals surface area contributed by atoms with E-state index in [1.54, 1.807) is 29.2 Å². The third kappa shape index (κ3) is 3.59. The van der Waals surface area contributed by atoms with Crippen molar-refractivity contribution in [1.82, 2.24) is 14.9 Å². The van der Waals surface area contributed by atoms with Gasteiger partial charge in [0.2, 0.25) is 5.91 Å². The molecule has 1 aromatic heterocycles. The third-order valence-corrected chi connectivity index (χ3v) is 5.35. The summed E-state index contributed by atoms with van der Waals surface area (Å²) in [6.45, 7) is 0.314. The van der Waals surface area contributed by atoms with Crippen molar-refractivity contribution in [2.45, 2.75) is 13.0 Å². The van der Waals surface area contributed by atoms with E-state index in [2.05, 4.69) is 10.3 Å². The first kappa shape index (κ1) is 19.8. The summed E-state index contributed by atoms with van der Waals surface area (Å²) in [5.74, 6) is -0.499. The largest absolute Gasteiger partial charge is 0.355 e. The number of anilines is 1. The number of amides is 2. The van der Waals surface area contributed by atoms with Gasteiger partial charge in [0.05, 0.1) is 0 Å². The third-order valence-electron chi connectivity index (χ3n) is 5.10. The average molecular weight is 423 g/mol. The fourth-order valence-electron chi connectivity index (χ4n) is 3.58. The number of nitrogens with one attached hydrogen (secondary N) is 1. The van der Waals surface area contributed by atoms with Crippen molar-refractivity contribution in [3.8, 4) is 11.4 Å². The quantitative estimate of drug-likeness (QED) is 0.700. The minimum Gasteiger partial charge on any atom is -0.355 e. The molecule has 1 aliphatic rings. The van der Waals surface area contributed by atoms with Gasteiger partial charge in [-0.15, -0.1) is 0 Å². The normalized spacial score (nSPS) is 12.5. The molecule has 2 heterocycles. The summed E-state index contributed by atoms with van der Waals surface area (Å²) in [4.78, 5) is 44.3. The molecular weight excluding hydrogens is 404 g/mol. The highest BCUT2D eigenvalue weighted by Gasteiger charge is 2.26. The summed E-state index contributed by atoms with van der Waals surface area (Å²) < 4.78 is 1.25. The summed E-state index contributed by atoms with van der Waals surface area (Å²) >= 11 is 5.97. The van der Waals surface area contributed by atoms with Crippen LogP contribution in [0.25, 0.3) is 11.4 Å². The van der Waals surface area contributed by atoms with Crippen LogP contribution in [0.5, 0.6) is 0 Å². The van der Waals surface area contributed by atoms with Gasteiger partial charge >= 0.3 is 0 Å². The fraction of sp³-hybridized carbons (Fsp3) is 0.182. The lowest BCUT2D eigenvalue weighted by atomic mass is 10.2. The van der Waals surface area contributed by atoms with Crippen LogP contribution in [0, 0.1) is 0 Å². The van der Waals surface area contributed by atoms with Crippen molar-refractivity contribution in [2.75, 3.05) is 18.5 Å². The number of fused-ring (bicyclic) bond motifs is 1. The van der Waals surface area contributed by atoms with Gasteiger partial charge in [0.1, 0.15) is 17.9 Å². The zero-order chi connectivity index (χ0) is 21.3. The molecule has 0 spiro atoms. The molecule has 1 N–H and O–H groups in total. The second-order valence-electron chi connectivity index (χ2n) is 6.90. The molecule has 30 heavy (non-hydrogen) atoms. The number of benzene rings is 2. The van der Waals surface area contributed by atoms with Gasteiger partial charge in [-0.25, -0.2) is 4.98 Å². The molecule has 2 amide bonds. The molecule has 0 fully saturated rings. The molecule has 7 nitrogen and oxygen atoms in total. The Morgan fingerprint density at radius 3 is 2.60 bits per heavy atom. The molecule has 0 aliphatic carbocycles. The predicted octanol–water partition coefficient (Wildman–Crippen LogP) is 2.51. The Kier molecular flexibility index (Phi) is 5.37. The molecule has 2 aromatic carbocycles. The van der Waals surface area contributed by atoms with Crippen molar-refractivity contribution < 1.29 is 9.59 Å². The smallest absolute Gasteiger partial charge is 0.267 e. The first-order chi connectivity index (χ1) is 14.5. The number of carbonyl (C=O) groups is 2. The van der Waals surface area contributed by atoms with E-state index in [1.165, 1.54) is 17.8 Å². The van der Waals surface area contributed by atoms with E-state index in [9.17, 15) is 14.4 Å². The van der Waals surface area contributed by atoms with E-state index in [4.69, 9.17) is 11.6 Å². The van der Waals surface area contributed by atoms with E-state index >= 15 is 0 Å². The van der Waals surface area contributed by atoms with Crippen molar-refractivity contribution >= 4 is 29.1 Å². The molecule has 1 aliphatic heterocycles. The Morgan fingerprint density at radius 2 is 1.87 bits per heavy atom. The number of carbonyl (C=O) groups excluding carboxylic acids is 2. The number of hydrogen-bond acceptors (Lipinski definition) is 4. The van der Waals surface area contributed by atoms with Crippen LogP contribution < -0.4 is 15.8 Å². The molecule has 4 rings (SSSR count). The molecule has 0 saturated heterocycles. The fourth-order valence-corrected chi connectivity index (χ4v) is 3.70. The molecule has 0 unspecified atom stereocenters. The number of halogens is 1. The Morgan fingerprint density at radius 1 is 1.13 bits per heavy atom. The van der Waals surface area contributed by atoms with Crippen molar-refractivity contribution in [3.05, 3.63) is 81.2 Å². The molecular formula is C22H19ClN4O3. The van der Waals surface area contributed by atoms with E-state index in [-0.39, 0.29) is 18.0 Å². The molecule has 0 atom stereocenters. The van der Waals surface area contributed by atoms with E-state index in [0.717, 1.165) is 17.7 Å². The van der Waals surface area contributed by atoms with Gasteiger partial charge in [-0.2, -0.15) is 0 Å². The van der Waals surface area contributed by atoms with Crippen LogP contribution in [-0.4, -0.2) is 35.0 Å². The van der Waals surface area contributed by atoms with Gasteiger partial charge in [-0.05, 0) is 42.3 Å². The summed E-state index contributed by atoms with van der Waals surface area (Å²) in [5.41, 5.74) is 1.86. The number of aromatic nitrogens is 2. The minimum absolute atomic E-state index is 0.121. The summed E-state index contributed by atoms with van der Waals surface area (Å²) in [5, 5.41) is 2.97. The SMILES string of the molecule is CNC(=O)c1cnc(-c2ccc(Cl)cc2)n(CC(=O)N2CCc3ccccc32)c1=O. The van der Waals surface area contributed by atoms with Gasteiger partial charge in [0, 0.05) is 36.1 Å². The maximum Gasteiger partial charge on any atom is 0.267 e. The topological polar surface area (TPSA) is 84.3 Å². The monoisotopic (exact) mass is 422 g/mol. The summed E-state index contributed by atoms with van der Waals surface area (Å²) in [7, 11) is 1.44. The van der Waals surface area contributed by atoms with Crippen LogP contribution in [0.15, 0.2) is 59.5 Å². The second-order valence-corrected chi connectivity index (χ2v) is 7.33. The highest BCUT2D eigenvalue weighted by molar-refractivity contribution is 6.30. The van der Waals surface area contributed by atoms with Crippen LogP contribution in [0.1, 0.15) is 15.9 Å². The lowest BCUT2D eigenvalue weighted by Gasteiger charge is -2.20. The Labute approximate surface area is 177 Å². The summed E-state index contributed by atoms with van der Waals surface area (Å²) in [6, 6.07) is 14.5. The van der Waals surface area contributed by atoms with E-state index in [1.807, 2.05) is 24.3 Å². The van der Waals surface area contributed by atoms with Crippen LogP contribution in [0.4, 0.5) is 5.69 Å². The number of nitrogens with zero attached hydrogens (tertiary/aromatic N) is 3. The summed E-state index contributed by atoms with van der Waals surface area (Å²) in [6.07, 6.45) is 1.99. The van der Waals surface area contributed by atoms with Crippen LogP contribution in [0.2, 0.25) is 5.02 Å². The van der Waals surface area contributed by atoms with Crippen molar-refractivity contribution in [2.24, 2.45) is 0 Å². The van der Waals surface area contributed by atoms with E-state index < -0.39 is 11.5 Å². The number of rotatable bonds is 4. The molecule has 152 valence electrons. The lowest BCUT2D eigenvalue weighted by Crippen LogP contribution is -2.39. The maximum absolute atomic E-state index is 13.1. The lowest BCUT2D eigenvalue weighted by molar-refractivity contribution is -0.119. The molecule has 0 saturated carbocycles. The first-order valence-corrected chi connectivity index (χ1v) is 9.83. The number of hydrogen-bond donors (Lipinski definition) is 1. The highest BCUT2D eigenvalue weighted by atomic mass is 35.5. The molecule has 8 heteroatoms. The predicted molar refractivity (Wildman–Crippen MR) is 115 cm³/mol. The first-order valence-electron chi connectivity index (χ1n) is 9.45. The van der Waals surface area contributed by atoms with E-state index in [0.29, 0.717) is 23.0 Å². The second kappa shape index (κ2) is 8.12. The zero-order valence-corrected chi connectivity index (χ0v) is 17.0.